The van der Waals surface area contributed by atoms with Crippen LogP contribution in [-0.4, -0.2) is 0 Å². The molecule has 1 aliphatic rings. The van der Waals surface area contributed by atoms with Crippen molar-refractivity contribution in [2.45, 2.75) is 79.1 Å². The van der Waals surface area contributed by atoms with E-state index >= 15 is 0 Å². The summed E-state index contributed by atoms with van der Waals surface area (Å²) in [6.45, 7) is 9.62. The topological polar surface area (TPSA) is 0 Å². The fourth-order valence-electron chi connectivity index (χ4n) is 3.38. The first-order valence-electron chi connectivity index (χ1n) is 7.74. The van der Waals surface area contributed by atoms with Gasteiger partial charge >= 0.3 is 0 Å². The minimum Gasteiger partial charge on any atom is -0.0882 e. The van der Waals surface area contributed by atoms with Crippen LogP contribution in [0, 0.1) is 17.3 Å². The van der Waals surface area contributed by atoms with Crippen molar-refractivity contribution in [3.05, 3.63) is 12.2 Å². The van der Waals surface area contributed by atoms with Gasteiger partial charge in [0, 0.05) is 0 Å². The molecule has 0 nitrogen and oxygen atoms in total. The molecule has 0 heterocycles. The van der Waals surface area contributed by atoms with Crippen molar-refractivity contribution in [2.75, 3.05) is 0 Å². The van der Waals surface area contributed by atoms with E-state index in [1.807, 2.05) is 0 Å². The number of unbranched alkanes of at least 4 members (excludes halogenated alkanes) is 4. The van der Waals surface area contributed by atoms with Gasteiger partial charge in [-0.3, -0.25) is 0 Å². The summed E-state index contributed by atoms with van der Waals surface area (Å²) in [6.07, 6.45) is 16.1. The molecule has 0 spiro atoms. The van der Waals surface area contributed by atoms with Gasteiger partial charge < -0.3 is 0 Å². The lowest BCUT2D eigenvalue weighted by Gasteiger charge is -2.41. The average Bonchev–Trinajstić information content (AvgIpc) is 2.26. The smallest absolute Gasteiger partial charge is 0.0156 e. The molecule has 0 saturated heterocycles. The molecule has 0 aromatic carbocycles. The predicted molar refractivity (Wildman–Crippen MR) is 78.2 cm³/mol. The zero-order valence-corrected chi connectivity index (χ0v) is 12.5. The molecule has 0 aliphatic heterocycles. The molecule has 0 radical (unpaired) electrons. The van der Waals surface area contributed by atoms with Crippen molar-refractivity contribution in [1.29, 1.82) is 0 Å². The summed E-state index contributed by atoms with van der Waals surface area (Å²) in [5.74, 6) is 1.69. The minimum absolute atomic E-state index is 0.525. The molecule has 1 aliphatic carbocycles. The number of hydrogen-bond acceptors (Lipinski definition) is 0. The van der Waals surface area contributed by atoms with Gasteiger partial charge in [-0.15, -0.1) is 0 Å². The van der Waals surface area contributed by atoms with Gasteiger partial charge in [0.1, 0.15) is 0 Å². The van der Waals surface area contributed by atoms with Crippen LogP contribution in [0.1, 0.15) is 79.1 Å². The predicted octanol–water partition coefficient (Wildman–Crippen LogP) is 5.98. The van der Waals surface area contributed by atoms with Gasteiger partial charge in [0.05, 0.1) is 0 Å². The fraction of sp³-hybridized carbons (Fsp3) is 0.882. The Balaban J connectivity index is 2.34. The van der Waals surface area contributed by atoms with E-state index in [-0.39, 0.29) is 0 Å². The summed E-state index contributed by atoms with van der Waals surface area (Å²) in [5, 5.41) is 0. The second-order valence-corrected chi connectivity index (χ2v) is 6.66. The SMILES string of the molecule is CCCCCC/C=C/C1C(C)CCCC1(C)C. The van der Waals surface area contributed by atoms with Gasteiger partial charge in [-0.05, 0) is 36.5 Å². The number of allylic oxidation sites excluding steroid dienone is 2. The van der Waals surface area contributed by atoms with Crippen molar-refractivity contribution < 1.29 is 0 Å². The molecule has 1 saturated carbocycles. The third-order valence-corrected chi connectivity index (χ3v) is 4.56. The second-order valence-electron chi connectivity index (χ2n) is 6.66. The second kappa shape index (κ2) is 7.24. The molecular weight excluding hydrogens is 204 g/mol. The summed E-state index contributed by atoms with van der Waals surface area (Å²) in [5.41, 5.74) is 0.525. The molecule has 17 heavy (non-hydrogen) atoms. The van der Waals surface area contributed by atoms with E-state index in [1.165, 1.54) is 51.4 Å². The molecule has 0 bridgehead atoms. The third-order valence-electron chi connectivity index (χ3n) is 4.56. The van der Waals surface area contributed by atoms with Crippen LogP contribution in [0.25, 0.3) is 0 Å². The van der Waals surface area contributed by atoms with Crippen LogP contribution in [0.3, 0.4) is 0 Å². The van der Waals surface area contributed by atoms with Gasteiger partial charge in [0.2, 0.25) is 0 Å². The number of hydrogen-bond donors (Lipinski definition) is 0. The molecule has 0 aromatic heterocycles. The minimum atomic E-state index is 0.525. The standard InChI is InChI=1S/C17H32/c1-5-6-7-8-9-10-13-16-15(2)12-11-14-17(16,3)4/h10,13,15-16H,5-9,11-12,14H2,1-4H3/b13-10+. The quantitative estimate of drug-likeness (QED) is 0.393. The molecule has 2 atom stereocenters. The summed E-state index contributed by atoms with van der Waals surface area (Å²) in [6, 6.07) is 0. The molecule has 0 heteroatoms. The average molecular weight is 236 g/mol. The molecular formula is C17H32. The Morgan fingerprint density at radius 3 is 2.59 bits per heavy atom. The molecule has 2 unspecified atom stereocenters. The van der Waals surface area contributed by atoms with Crippen molar-refractivity contribution in [2.24, 2.45) is 17.3 Å². The van der Waals surface area contributed by atoms with Gasteiger partial charge in [-0.2, -0.15) is 0 Å². The first kappa shape index (κ1) is 14.8. The van der Waals surface area contributed by atoms with Crippen LogP contribution < -0.4 is 0 Å². The highest BCUT2D eigenvalue weighted by molar-refractivity contribution is 4.99. The Morgan fingerprint density at radius 2 is 1.94 bits per heavy atom. The van der Waals surface area contributed by atoms with Crippen LogP contribution in [-0.2, 0) is 0 Å². The first-order valence-corrected chi connectivity index (χ1v) is 7.74. The van der Waals surface area contributed by atoms with E-state index in [9.17, 15) is 0 Å². The van der Waals surface area contributed by atoms with Crippen molar-refractivity contribution in [3.8, 4) is 0 Å². The Morgan fingerprint density at radius 1 is 1.18 bits per heavy atom. The monoisotopic (exact) mass is 236 g/mol. The van der Waals surface area contributed by atoms with Crippen molar-refractivity contribution in [3.63, 3.8) is 0 Å². The lowest BCUT2D eigenvalue weighted by Crippen LogP contribution is -2.32. The maximum Gasteiger partial charge on any atom is -0.0156 e. The maximum absolute atomic E-state index is 2.54. The van der Waals surface area contributed by atoms with E-state index in [0.29, 0.717) is 5.41 Å². The molecule has 0 aromatic rings. The Hall–Kier alpha value is -0.260. The van der Waals surface area contributed by atoms with Crippen LogP contribution in [0.2, 0.25) is 0 Å². The van der Waals surface area contributed by atoms with Crippen molar-refractivity contribution in [1.82, 2.24) is 0 Å². The lowest BCUT2D eigenvalue weighted by atomic mass is 9.64. The summed E-state index contributed by atoms with van der Waals surface area (Å²) in [4.78, 5) is 0. The molecule has 1 rings (SSSR count). The van der Waals surface area contributed by atoms with Crippen LogP contribution in [0.15, 0.2) is 12.2 Å². The van der Waals surface area contributed by atoms with Crippen LogP contribution in [0.5, 0.6) is 0 Å². The Bertz CT molecular complexity index is 224. The maximum atomic E-state index is 2.54. The summed E-state index contributed by atoms with van der Waals surface area (Å²) in [7, 11) is 0. The fourth-order valence-corrected chi connectivity index (χ4v) is 3.38. The van der Waals surface area contributed by atoms with Gasteiger partial charge in [-0.1, -0.05) is 72.0 Å². The van der Waals surface area contributed by atoms with E-state index in [0.717, 1.165) is 11.8 Å². The zero-order valence-electron chi connectivity index (χ0n) is 12.5. The normalized spacial score (nSPS) is 28.7. The lowest BCUT2D eigenvalue weighted by molar-refractivity contribution is 0.122. The highest BCUT2D eigenvalue weighted by Gasteiger charge is 2.34. The van der Waals surface area contributed by atoms with Gasteiger partial charge in [0.25, 0.3) is 0 Å². The molecule has 0 N–H and O–H groups in total. The highest BCUT2D eigenvalue weighted by Crippen LogP contribution is 2.44. The van der Waals surface area contributed by atoms with E-state index in [4.69, 9.17) is 0 Å². The molecule has 100 valence electrons. The molecule has 1 fully saturated rings. The van der Waals surface area contributed by atoms with Crippen LogP contribution >= 0.6 is 0 Å². The zero-order chi connectivity index (χ0) is 12.7. The highest BCUT2D eigenvalue weighted by atomic mass is 14.4. The largest absolute Gasteiger partial charge is 0.0882 e. The van der Waals surface area contributed by atoms with Gasteiger partial charge in [0.15, 0.2) is 0 Å². The third kappa shape index (κ3) is 4.85. The van der Waals surface area contributed by atoms with E-state index < -0.39 is 0 Å². The Kier molecular flexibility index (Phi) is 6.30. The summed E-state index contributed by atoms with van der Waals surface area (Å²) >= 11 is 0. The summed E-state index contributed by atoms with van der Waals surface area (Å²) < 4.78 is 0. The van der Waals surface area contributed by atoms with Gasteiger partial charge in [-0.25, -0.2) is 0 Å². The van der Waals surface area contributed by atoms with E-state index in [1.54, 1.807) is 0 Å². The first-order chi connectivity index (χ1) is 8.08. The van der Waals surface area contributed by atoms with E-state index in [2.05, 4.69) is 39.8 Å². The van der Waals surface area contributed by atoms with Crippen LogP contribution in [0.4, 0.5) is 0 Å². The molecule has 0 amide bonds. The number of rotatable bonds is 6. The van der Waals surface area contributed by atoms with Crippen molar-refractivity contribution >= 4 is 0 Å². The Labute approximate surface area is 109 Å².